The van der Waals surface area contributed by atoms with Gasteiger partial charge in [-0.3, -0.25) is 4.79 Å². The first-order chi connectivity index (χ1) is 9.20. The van der Waals surface area contributed by atoms with Gasteiger partial charge < -0.3 is 10.5 Å². The number of carbonyl (C=O) groups is 1. The topological polar surface area (TPSA) is 52.3 Å². The molecule has 0 spiro atoms. The largest absolute Gasteiger partial charge is 0.492 e. The summed E-state index contributed by atoms with van der Waals surface area (Å²) in [5.41, 5.74) is 6.15. The van der Waals surface area contributed by atoms with Gasteiger partial charge in [-0.2, -0.15) is 0 Å². The lowest BCUT2D eigenvalue weighted by Gasteiger charge is -2.05. The summed E-state index contributed by atoms with van der Waals surface area (Å²) in [4.78, 5) is 12.1. The number of halogens is 1. The molecule has 3 nitrogen and oxygen atoms in total. The summed E-state index contributed by atoms with van der Waals surface area (Å²) in [6.07, 6.45) is 0. The minimum atomic E-state index is -0.422. The van der Waals surface area contributed by atoms with Gasteiger partial charge in [-0.15, -0.1) is 0 Å². The fourth-order valence-corrected chi connectivity index (χ4v) is 1.68. The zero-order valence-corrected chi connectivity index (χ0v) is 10.3. The van der Waals surface area contributed by atoms with Crippen LogP contribution < -0.4 is 10.5 Å². The fourth-order valence-electron chi connectivity index (χ4n) is 1.68. The van der Waals surface area contributed by atoms with Gasteiger partial charge in [0, 0.05) is 17.7 Å². The third kappa shape index (κ3) is 3.39. The van der Waals surface area contributed by atoms with Gasteiger partial charge in [0.25, 0.3) is 0 Å². The molecule has 0 saturated carbocycles. The highest BCUT2D eigenvalue weighted by Crippen LogP contribution is 2.16. The van der Waals surface area contributed by atoms with E-state index in [-0.39, 0.29) is 5.78 Å². The van der Waals surface area contributed by atoms with E-state index in [0.29, 0.717) is 30.0 Å². The van der Waals surface area contributed by atoms with Crippen LogP contribution in [0.15, 0.2) is 48.5 Å². The second kappa shape index (κ2) is 6.11. The Morgan fingerprint density at radius 1 is 1.11 bits per heavy atom. The van der Waals surface area contributed by atoms with Crippen LogP contribution in [0.5, 0.6) is 5.75 Å². The third-order valence-electron chi connectivity index (χ3n) is 2.59. The fraction of sp³-hybridized carbons (Fsp3) is 0.133. The zero-order chi connectivity index (χ0) is 13.7. The molecule has 0 aliphatic carbocycles. The maximum Gasteiger partial charge on any atom is 0.193 e. The SMILES string of the molecule is NCCOc1ccc(C(=O)c2cccc(F)c2)cc1. The van der Waals surface area contributed by atoms with Gasteiger partial charge >= 0.3 is 0 Å². The third-order valence-corrected chi connectivity index (χ3v) is 2.59. The molecule has 0 fully saturated rings. The van der Waals surface area contributed by atoms with E-state index in [1.54, 1.807) is 30.3 Å². The van der Waals surface area contributed by atoms with Crippen LogP contribution in [0.1, 0.15) is 15.9 Å². The normalized spacial score (nSPS) is 10.2. The number of ketones is 1. The van der Waals surface area contributed by atoms with E-state index in [9.17, 15) is 9.18 Å². The van der Waals surface area contributed by atoms with E-state index in [1.165, 1.54) is 18.2 Å². The Morgan fingerprint density at radius 3 is 2.47 bits per heavy atom. The van der Waals surface area contributed by atoms with Gasteiger partial charge in [0.15, 0.2) is 5.78 Å². The van der Waals surface area contributed by atoms with Crippen molar-refractivity contribution >= 4 is 5.78 Å². The lowest BCUT2D eigenvalue weighted by molar-refractivity contribution is 0.103. The average Bonchev–Trinajstić information content (AvgIpc) is 2.45. The van der Waals surface area contributed by atoms with E-state index in [2.05, 4.69) is 0 Å². The van der Waals surface area contributed by atoms with Crippen molar-refractivity contribution in [2.24, 2.45) is 5.73 Å². The molecule has 2 aromatic carbocycles. The van der Waals surface area contributed by atoms with Crippen LogP contribution in [0.2, 0.25) is 0 Å². The lowest BCUT2D eigenvalue weighted by Crippen LogP contribution is -2.10. The van der Waals surface area contributed by atoms with E-state index >= 15 is 0 Å². The molecule has 0 heterocycles. The Bertz CT molecular complexity index is 567. The molecule has 2 N–H and O–H groups in total. The number of carbonyl (C=O) groups excluding carboxylic acids is 1. The summed E-state index contributed by atoms with van der Waals surface area (Å²) in [5, 5.41) is 0. The molecular formula is C15H14FNO2. The Kier molecular flexibility index (Phi) is 4.26. The Morgan fingerprint density at radius 2 is 1.84 bits per heavy atom. The molecule has 0 bridgehead atoms. The second-order valence-electron chi connectivity index (χ2n) is 4.00. The first kappa shape index (κ1) is 13.2. The molecule has 0 amide bonds. The van der Waals surface area contributed by atoms with Gasteiger partial charge in [-0.1, -0.05) is 12.1 Å². The van der Waals surface area contributed by atoms with Crippen LogP contribution in [0.4, 0.5) is 4.39 Å². The summed E-state index contributed by atoms with van der Waals surface area (Å²) < 4.78 is 18.4. The summed E-state index contributed by atoms with van der Waals surface area (Å²) in [5.74, 6) is 0.0138. The van der Waals surface area contributed by atoms with Crippen molar-refractivity contribution in [1.29, 1.82) is 0 Å². The Balaban J connectivity index is 2.15. The number of hydrogen-bond acceptors (Lipinski definition) is 3. The molecule has 2 rings (SSSR count). The molecule has 4 heteroatoms. The maximum absolute atomic E-state index is 13.1. The van der Waals surface area contributed by atoms with Crippen molar-refractivity contribution in [3.05, 3.63) is 65.5 Å². The quantitative estimate of drug-likeness (QED) is 0.839. The molecule has 0 atom stereocenters. The number of ether oxygens (including phenoxy) is 1. The highest BCUT2D eigenvalue weighted by molar-refractivity contribution is 6.09. The maximum atomic E-state index is 13.1. The molecule has 19 heavy (non-hydrogen) atoms. The average molecular weight is 259 g/mol. The van der Waals surface area contributed by atoms with Crippen LogP contribution in [0.3, 0.4) is 0 Å². The van der Waals surface area contributed by atoms with Crippen molar-refractivity contribution in [2.45, 2.75) is 0 Å². The van der Waals surface area contributed by atoms with Gasteiger partial charge in [0.1, 0.15) is 18.2 Å². The highest BCUT2D eigenvalue weighted by atomic mass is 19.1. The van der Waals surface area contributed by atoms with E-state index < -0.39 is 5.82 Å². The van der Waals surface area contributed by atoms with Crippen LogP contribution in [-0.4, -0.2) is 18.9 Å². The summed E-state index contributed by atoms with van der Waals surface area (Å²) >= 11 is 0. The van der Waals surface area contributed by atoms with E-state index in [0.717, 1.165) is 0 Å². The molecule has 0 radical (unpaired) electrons. The molecule has 98 valence electrons. The smallest absolute Gasteiger partial charge is 0.193 e. The number of benzene rings is 2. The van der Waals surface area contributed by atoms with Crippen molar-refractivity contribution in [2.75, 3.05) is 13.2 Å². The van der Waals surface area contributed by atoms with Crippen LogP contribution in [0, 0.1) is 5.82 Å². The van der Waals surface area contributed by atoms with Crippen LogP contribution >= 0.6 is 0 Å². The molecule has 0 unspecified atom stereocenters. The molecule has 0 aliphatic heterocycles. The molecule has 2 aromatic rings. The summed E-state index contributed by atoms with van der Waals surface area (Å²) in [6, 6.07) is 12.3. The van der Waals surface area contributed by atoms with Crippen LogP contribution in [-0.2, 0) is 0 Å². The number of hydrogen-bond donors (Lipinski definition) is 1. The summed E-state index contributed by atoms with van der Waals surface area (Å²) in [6.45, 7) is 0.862. The minimum Gasteiger partial charge on any atom is -0.492 e. The van der Waals surface area contributed by atoms with Gasteiger partial charge in [-0.25, -0.2) is 4.39 Å². The van der Waals surface area contributed by atoms with Crippen molar-refractivity contribution < 1.29 is 13.9 Å². The Hall–Kier alpha value is -2.20. The van der Waals surface area contributed by atoms with E-state index in [1.807, 2.05) is 0 Å². The monoisotopic (exact) mass is 259 g/mol. The van der Waals surface area contributed by atoms with Crippen molar-refractivity contribution in [3.8, 4) is 5.75 Å². The van der Waals surface area contributed by atoms with E-state index in [4.69, 9.17) is 10.5 Å². The predicted molar refractivity (Wildman–Crippen MR) is 70.8 cm³/mol. The van der Waals surface area contributed by atoms with Gasteiger partial charge in [-0.05, 0) is 36.4 Å². The van der Waals surface area contributed by atoms with Crippen molar-refractivity contribution in [3.63, 3.8) is 0 Å². The van der Waals surface area contributed by atoms with Crippen LogP contribution in [0.25, 0.3) is 0 Å². The number of nitrogens with two attached hydrogens (primary N) is 1. The molecule has 0 aromatic heterocycles. The summed E-state index contributed by atoms with van der Waals surface area (Å²) in [7, 11) is 0. The number of rotatable bonds is 5. The zero-order valence-electron chi connectivity index (χ0n) is 10.3. The van der Waals surface area contributed by atoms with Gasteiger partial charge in [0.05, 0.1) is 0 Å². The standard InChI is InChI=1S/C15H14FNO2/c16-13-3-1-2-12(10-13)15(18)11-4-6-14(7-5-11)19-9-8-17/h1-7,10H,8-9,17H2. The molecule has 0 saturated heterocycles. The minimum absolute atomic E-state index is 0.218. The Labute approximate surface area is 110 Å². The van der Waals surface area contributed by atoms with Crippen molar-refractivity contribution in [1.82, 2.24) is 0 Å². The molecule has 0 aliphatic rings. The predicted octanol–water partition coefficient (Wildman–Crippen LogP) is 2.39. The first-order valence-electron chi connectivity index (χ1n) is 5.94. The first-order valence-corrected chi connectivity index (χ1v) is 5.94. The molecular weight excluding hydrogens is 245 g/mol. The lowest BCUT2D eigenvalue weighted by atomic mass is 10.0. The van der Waals surface area contributed by atoms with Gasteiger partial charge in [0.2, 0.25) is 0 Å². The highest BCUT2D eigenvalue weighted by Gasteiger charge is 2.09. The second-order valence-corrected chi connectivity index (χ2v) is 4.00.